The first-order valence-electron chi connectivity index (χ1n) is 6.71. The quantitative estimate of drug-likeness (QED) is 0.911. The fraction of sp³-hybridized carbons (Fsp3) is 0.267. The zero-order valence-corrected chi connectivity index (χ0v) is 11.2. The highest BCUT2D eigenvalue weighted by atomic mass is 19.1. The second-order valence-corrected chi connectivity index (χ2v) is 4.92. The summed E-state index contributed by atoms with van der Waals surface area (Å²) < 4.78 is 31.8. The van der Waals surface area contributed by atoms with Gasteiger partial charge in [0, 0.05) is 12.6 Å². The molecule has 0 bridgehead atoms. The summed E-state index contributed by atoms with van der Waals surface area (Å²) in [6.07, 6.45) is 3.21. The third-order valence-electron chi connectivity index (χ3n) is 3.56. The van der Waals surface area contributed by atoms with E-state index < -0.39 is 17.7 Å². The number of amides is 2. The molecular formula is C15H14F2N2O2. The van der Waals surface area contributed by atoms with E-state index in [-0.39, 0.29) is 11.7 Å². The molecule has 21 heavy (non-hydrogen) atoms. The molecule has 0 spiro atoms. The number of likely N-dealkylation sites (tertiary alicyclic amines) is 1. The third-order valence-corrected chi connectivity index (χ3v) is 3.56. The van der Waals surface area contributed by atoms with Crippen molar-refractivity contribution in [3.8, 4) is 0 Å². The van der Waals surface area contributed by atoms with Gasteiger partial charge in [0.1, 0.15) is 17.4 Å². The third kappa shape index (κ3) is 2.74. The molecule has 2 amide bonds. The number of carbonyl (C=O) groups is 1. The molecule has 0 saturated carbocycles. The van der Waals surface area contributed by atoms with Crippen LogP contribution in [0, 0.1) is 11.6 Å². The average Bonchev–Trinajstić information content (AvgIpc) is 3.10. The maximum Gasteiger partial charge on any atom is 0.322 e. The summed E-state index contributed by atoms with van der Waals surface area (Å²) in [5.74, 6) is -0.764. The second-order valence-electron chi connectivity index (χ2n) is 4.92. The molecule has 1 aromatic carbocycles. The minimum atomic E-state index is -0.794. The lowest BCUT2D eigenvalue weighted by molar-refractivity contribution is 0.199. The SMILES string of the molecule is O=C(Nc1ccc(F)cc1F)N1CCC[C@H]1c1ccco1. The van der Waals surface area contributed by atoms with Crippen molar-refractivity contribution < 1.29 is 18.0 Å². The number of furan rings is 1. The van der Waals surface area contributed by atoms with Crippen molar-refractivity contribution in [3.05, 3.63) is 54.0 Å². The van der Waals surface area contributed by atoms with E-state index in [0.29, 0.717) is 12.3 Å². The fourth-order valence-electron chi connectivity index (χ4n) is 2.56. The lowest BCUT2D eigenvalue weighted by Crippen LogP contribution is -2.34. The number of nitrogens with zero attached hydrogens (tertiary/aromatic N) is 1. The van der Waals surface area contributed by atoms with Crippen molar-refractivity contribution in [1.29, 1.82) is 0 Å². The van der Waals surface area contributed by atoms with Crippen LogP contribution in [0.1, 0.15) is 24.6 Å². The molecule has 4 nitrogen and oxygen atoms in total. The van der Waals surface area contributed by atoms with Gasteiger partial charge < -0.3 is 14.6 Å². The maximum absolute atomic E-state index is 13.6. The highest BCUT2D eigenvalue weighted by Gasteiger charge is 2.32. The monoisotopic (exact) mass is 292 g/mol. The van der Waals surface area contributed by atoms with E-state index in [2.05, 4.69) is 5.32 Å². The Hall–Kier alpha value is -2.37. The summed E-state index contributed by atoms with van der Waals surface area (Å²) in [7, 11) is 0. The number of urea groups is 1. The van der Waals surface area contributed by atoms with E-state index in [1.807, 2.05) is 6.07 Å². The van der Waals surface area contributed by atoms with Crippen molar-refractivity contribution >= 4 is 11.7 Å². The zero-order valence-electron chi connectivity index (χ0n) is 11.2. The molecule has 0 aliphatic carbocycles. The van der Waals surface area contributed by atoms with Crippen LogP contribution in [0.4, 0.5) is 19.3 Å². The van der Waals surface area contributed by atoms with Crippen LogP contribution in [0.25, 0.3) is 0 Å². The molecule has 1 aliphatic heterocycles. The van der Waals surface area contributed by atoms with Gasteiger partial charge in [-0.2, -0.15) is 0 Å². The molecule has 1 saturated heterocycles. The van der Waals surface area contributed by atoms with E-state index in [1.54, 1.807) is 17.2 Å². The second kappa shape index (κ2) is 5.55. The van der Waals surface area contributed by atoms with E-state index in [4.69, 9.17) is 4.42 Å². The number of anilines is 1. The predicted molar refractivity (Wildman–Crippen MR) is 72.8 cm³/mol. The highest BCUT2D eigenvalue weighted by Crippen LogP contribution is 2.32. The number of hydrogen-bond acceptors (Lipinski definition) is 2. The number of rotatable bonds is 2. The summed E-state index contributed by atoms with van der Waals surface area (Å²) in [6.45, 7) is 0.569. The minimum absolute atomic E-state index is 0.0357. The minimum Gasteiger partial charge on any atom is -0.467 e. The van der Waals surface area contributed by atoms with E-state index in [1.165, 1.54) is 6.07 Å². The molecular weight excluding hydrogens is 278 g/mol. The molecule has 1 atom stereocenters. The average molecular weight is 292 g/mol. The Morgan fingerprint density at radius 2 is 2.19 bits per heavy atom. The molecule has 2 aromatic rings. The Bertz CT molecular complexity index is 643. The van der Waals surface area contributed by atoms with Gasteiger partial charge in [0.15, 0.2) is 0 Å². The highest BCUT2D eigenvalue weighted by molar-refractivity contribution is 5.89. The van der Waals surface area contributed by atoms with Gasteiger partial charge in [0.05, 0.1) is 18.0 Å². The van der Waals surface area contributed by atoms with Gasteiger partial charge in [-0.25, -0.2) is 13.6 Å². The number of halogens is 2. The lowest BCUT2D eigenvalue weighted by Gasteiger charge is -2.23. The summed E-state index contributed by atoms with van der Waals surface area (Å²) in [5, 5.41) is 2.47. The van der Waals surface area contributed by atoms with Gasteiger partial charge in [0.25, 0.3) is 0 Å². The summed E-state index contributed by atoms with van der Waals surface area (Å²) in [4.78, 5) is 13.9. The van der Waals surface area contributed by atoms with Gasteiger partial charge in [0.2, 0.25) is 0 Å². The molecule has 0 radical (unpaired) electrons. The molecule has 3 rings (SSSR count). The van der Waals surface area contributed by atoms with Crippen molar-refractivity contribution in [2.24, 2.45) is 0 Å². The molecule has 110 valence electrons. The van der Waals surface area contributed by atoms with E-state index in [0.717, 1.165) is 25.0 Å². The van der Waals surface area contributed by atoms with Crippen LogP contribution in [-0.4, -0.2) is 17.5 Å². The van der Waals surface area contributed by atoms with Crippen LogP contribution < -0.4 is 5.32 Å². The topological polar surface area (TPSA) is 45.5 Å². The van der Waals surface area contributed by atoms with Gasteiger partial charge in [-0.3, -0.25) is 0 Å². The Morgan fingerprint density at radius 1 is 1.33 bits per heavy atom. The first-order chi connectivity index (χ1) is 10.1. The summed E-state index contributed by atoms with van der Waals surface area (Å²) in [5.41, 5.74) is -0.0357. The standard InChI is InChI=1S/C15H14F2N2O2/c16-10-5-6-12(11(17)9-10)18-15(20)19-7-1-3-13(19)14-4-2-8-21-14/h2,4-6,8-9,13H,1,3,7H2,(H,18,20)/t13-/m0/s1. The molecule has 0 unspecified atom stereocenters. The smallest absolute Gasteiger partial charge is 0.322 e. The van der Waals surface area contributed by atoms with E-state index in [9.17, 15) is 13.6 Å². The van der Waals surface area contributed by atoms with Gasteiger partial charge in [-0.1, -0.05) is 0 Å². The Labute approximate surface area is 120 Å². The summed E-state index contributed by atoms with van der Waals surface area (Å²) >= 11 is 0. The van der Waals surface area contributed by atoms with Crippen LogP contribution in [0.2, 0.25) is 0 Å². The number of hydrogen-bond donors (Lipinski definition) is 1. The molecule has 1 fully saturated rings. The van der Waals surface area contributed by atoms with Crippen LogP contribution in [0.15, 0.2) is 41.0 Å². The zero-order chi connectivity index (χ0) is 14.8. The molecule has 1 aliphatic rings. The van der Waals surface area contributed by atoms with Gasteiger partial charge in [-0.05, 0) is 37.1 Å². The molecule has 1 aromatic heterocycles. The fourth-order valence-corrected chi connectivity index (χ4v) is 2.56. The van der Waals surface area contributed by atoms with Crippen LogP contribution in [0.5, 0.6) is 0 Å². The normalized spacial score (nSPS) is 18.0. The first kappa shape index (κ1) is 13.6. The molecule has 6 heteroatoms. The molecule has 2 heterocycles. The van der Waals surface area contributed by atoms with Crippen molar-refractivity contribution in [3.63, 3.8) is 0 Å². The van der Waals surface area contributed by atoms with Crippen LogP contribution in [0.3, 0.4) is 0 Å². The Balaban J connectivity index is 1.75. The predicted octanol–water partition coefficient (Wildman–Crippen LogP) is 3.93. The van der Waals surface area contributed by atoms with Gasteiger partial charge >= 0.3 is 6.03 Å². The number of benzene rings is 1. The Morgan fingerprint density at radius 3 is 2.90 bits per heavy atom. The number of nitrogens with one attached hydrogen (secondary N) is 1. The van der Waals surface area contributed by atoms with Gasteiger partial charge in [-0.15, -0.1) is 0 Å². The van der Waals surface area contributed by atoms with Crippen molar-refractivity contribution in [2.45, 2.75) is 18.9 Å². The van der Waals surface area contributed by atoms with Crippen molar-refractivity contribution in [2.75, 3.05) is 11.9 Å². The maximum atomic E-state index is 13.6. The van der Waals surface area contributed by atoms with Crippen molar-refractivity contribution in [1.82, 2.24) is 4.90 Å². The largest absolute Gasteiger partial charge is 0.467 e. The van der Waals surface area contributed by atoms with Crippen LogP contribution >= 0.6 is 0 Å². The lowest BCUT2D eigenvalue weighted by atomic mass is 10.2. The summed E-state index contributed by atoms with van der Waals surface area (Å²) in [6, 6.07) is 6.07. The molecule has 1 N–H and O–H groups in total. The van der Waals surface area contributed by atoms with Crippen LogP contribution in [-0.2, 0) is 0 Å². The Kier molecular flexibility index (Phi) is 3.60. The first-order valence-corrected chi connectivity index (χ1v) is 6.71. The number of carbonyl (C=O) groups excluding carboxylic acids is 1. The van der Waals surface area contributed by atoms with E-state index >= 15 is 0 Å².